The molecule has 5 aliphatic carbocycles. The Morgan fingerprint density at radius 2 is 1.49 bits per heavy atom. The van der Waals surface area contributed by atoms with E-state index in [1.54, 1.807) is 20.8 Å². The van der Waals surface area contributed by atoms with Crippen LogP contribution in [-0.4, -0.2) is 140 Å². The zero-order valence-electron chi connectivity index (χ0n) is 39.4. The van der Waals surface area contributed by atoms with E-state index in [2.05, 4.69) is 33.8 Å². The van der Waals surface area contributed by atoms with Gasteiger partial charge in [-0.05, 0) is 116 Å². The van der Waals surface area contributed by atoms with Crippen LogP contribution in [0.3, 0.4) is 0 Å². The Labute approximate surface area is 382 Å². The van der Waals surface area contributed by atoms with Crippen LogP contribution in [0.15, 0.2) is 11.6 Å². The summed E-state index contributed by atoms with van der Waals surface area (Å²) in [4.78, 5) is 39.5. The van der Waals surface area contributed by atoms with Crippen molar-refractivity contribution >= 4 is 18.5 Å². The van der Waals surface area contributed by atoms with E-state index in [9.17, 15) is 50.1 Å². The van der Waals surface area contributed by atoms with Crippen LogP contribution in [0.5, 0.6) is 0 Å². The van der Waals surface area contributed by atoms with E-state index in [0.717, 1.165) is 38.4 Å². The maximum absolute atomic E-state index is 13.8. The van der Waals surface area contributed by atoms with Crippen molar-refractivity contribution in [2.75, 3.05) is 6.61 Å². The SMILES string of the molecule is CC[C@H]1O[C@@H](O[C@H]2[C@H](O[C@H]3CC[C@]4(C)[C@H]5CC=C6C(CC[C@@]7(C(=O)O)CCC(C)(C)C[C@@H]67)[C@]5(C)CC[C@H]4[C@]3(C)C=O)O[C@H](C=O)[C@@H](O)[C@@H]2O[C@@H]2OC[C@@H](C)C(C)C2(O)O)[C@H](O)C(O)[C@H]1O. The number of aliphatic carboxylic acids is 1. The van der Waals surface area contributed by atoms with Crippen molar-refractivity contribution < 1.29 is 78.6 Å². The molecular formula is C49H76O16. The van der Waals surface area contributed by atoms with Gasteiger partial charge in [0.25, 0.3) is 0 Å². The predicted molar refractivity (Wildman–Crippen MR) is 230 cm³/mol. The lowest BCUT2D eigenvalue weighted by molar-refractivity contribution is -0.415. The fourth-order valence-corrected chi connectivity index (χ4v) is 14.9. The fraction of sp³-hybridized carbons (Fsp3) is 0.898. The van der Waals surface area contributed by atoms with Crippen LogP contribution in [0, 0.1) is 62.6 Å². The van der Waals surface area contributed by atoms with Crippen molar-refractivity contribution in [3.05, 3.63) is 11.6 Å². The van der Waals surface area contributed by atoms with E-state index in [0.29, 0.717) is 38.4 Å². The minimum atomic E-state index is -2.56. The van der Waals surface area contributed by atoms with E-state index >= 15 is 0 Å². The van der Waals surface area contributed by atoms with Gasteiger partial charge >= 0.3 is 5.97 Å². The first-order chi connectivity index (χ1) is 30.4. The Morgan fingerprint density at radius 3 is 2.15 bits per heavy atom. The topological polar surface area (TPSA) is 248 Å². The molecule has 3 saturated heterocycles. The number of aliphatic hydroxyl groups excluding tert-OH is 4. The van der Waals surface area contributed by atoms with Crippen molar-refractivity contribution in [1.29, 1.82) is 0 Å². The summed E-state index contributed by atoms with van der Waals surface area (Å²) in [5, 5.41) is 77.7. The normalized spacial score (nSPS) is 52.7. The largest absolute Gasteiger partial charge is 0.481 e. The van der Waals surface area contributed by atoms with Gasteiger partial charge < -0.3 is 73.8 Å². The summed E-state index contributed by atoms with van der Waals surface area (Å²) >= 11 is 0. The molecule has 16 heteroatoms. The van der Waals surface area contributed by atoms with E-state index in [1.165, 1.54) is 5.57 Å². The number of aldehydes is 2. The quantitative estimate of drug-likeness (QED) is 0.0716. The van der Waals surface area contributed by atoms with Crippen molar-refractivity contribution in [2.24, 2.45) is 62.6 Å². The monoisotopic (exact) mass is 921 g/mol. The number of carboxylic acids is 1. The first-order valence-electron chi connectivity index (χ1n) is 24.3. The number of carbonyl (C=O) groups is 3. The van der Waals surface area contributed by atoms with E-state index < -0.39 is 102 Å². The van der Waals surface area contributed by atoms with Crippen molar-refractivity contribution in [1.82, 2.24) is 0 Å². The summed E-state index contributed by atoms with van der Waals surface area (Å²) in [5.41, 5.74) is -0.909. The summed E-state index contributed by atoms with van der Waals surface area (Å²) in [6.45, 7) is 16.3. The maximum atomic E-state index is 13.8. The minimum absolute atomic E-state index is 0.00789. The van der Waals surface area contributed by atoms with Crippen molar-refractivity contribution in [3.63, 3.8) is 0 Å². The summed E-state index contributed by atoms with van der Waals surface area (Å²) in [7, 11) is 0. The van der Waals surface area contributed by atoms with Gasteiger partial charge in [-0.3, -0.25) is 4.79 Å². The molecule has 7 fully saturated rings. The molecule has 22 atom stereocenters. The number of allylic oxidation sites excluding steroid dienone is 2. The summed E-state index contributed by atoms with van der Waals surface area (Å²) in [5.74, 6) is -4.00. The van der Waals surface area contributed by atoms with Crippen LogP contribution in [0.2, 0.25) is 0 Å². The molecule has 0 aromatic heterocycles. The summed E-state index contributed by atoms with van der Waals surface area (Å²) in [6.07, 6.45) is -7.08. The molecule has 0 bridgehead atoms. The molecule has 8 aliphatic rings. The molecule has 4 saturated carbocycles. The van der Waals surface area contributed by atoms with Crippen LogP contribution in [0.25, 0.3) is 0 Å². The molecule has 3 heterocycles. The van der Waals surface area contributed by atoms with Gasteiger partial charge in [-0.25, -0.2) is 0 Å². The number of carboxylic acid groups (broad SMARTS) is 1. The number of ether oxygens (including phenoxy) is 6. The number of carbonyl (C=O) groups excluding carboxylic acids is 2. The Morgan fingerprint density at radius 1 is 0.785 bits per heavy atom. The number of rotatable bonds is 10. The highest BCUT2D eigenvalue weighted by molar-refractivity contribution is 5.76. The third-order valence-electron chi connectivity index (χ3n) is 19.2. The second-order valence-corrected chi connectivity index (χ2v) is 23.2. The second kappa shape index (κ2) is 17.5. The third-order valence-corrected chi connectivity index (χ3v) is 19.2. The highest BCUT2D eigenvalue weighted by Gasteiger charge is 2.68. The first kappa shape index (κ1) is 49.5. The van der Waals surface area contributed by atoms with Gasteiger partial charge in [-0.1, -0.05) is 67.0 Å². The standard InChI is InChI=1S/C49H76O16/c1-9-29-34(52)36(54)37(55)40(61-29)64-39-38(65-43-49(58,59)25(3)24(2)22-60-43)35(53)30(21-50)62-41(39)63-33-14-16-46(7)31-11-10-26-27(45(31,6)15-13-32(46)47(33,8)23-51)12-17-48(42(56)57)19-18-44(4,5)20-28(26)48/h10,21,23-25,27-41,43,52-55,58-59H,9,11-20,22H2,1-8H3,(H,56,57)/t24-,25?,27?,28+,29-,30-,31+,32-,33+,34+,35-,36?,37-,38+,39-,40+,41+,43+,45+,46-,47+,48-/m1/s1. The Hall–Kier alpha value is -1.93. The average Bonchev–Trinajstić information content (AvgIpc) is 3.26. The summed E-state index contributed by atoms with van der Waals surface area (Å²) < 4.78 is 37.3. The first-order valence-corrected chi connectivity index (χ1v) is 24.3. The highest BCUT2D eigenvalue weighted by Crippen LogP contribution is 2.72. The van der Waals surface area contributed by atoms with E-state index in [1.807, 2.05) is 6.92 Å². The van der Waals surface area contributed by atoms with Crippen LogP contribution in [-0.2, 0) is 42.8 Å². The van der Waals surface area contributed by atoms with Gasteiger partial charge in [0.15, 0.2) is 18.9 Å². The molecule has 3 unspecified atom stereocenters. The number of hydrogen-bond donors (Lipinski definition) is 7. The van der Waals surface area contributed by atoms with E-state index in [4.69, 9.17) is 28.4 Å². The minimum Gasteiger partial charge on any atom is -0.481 e. The van der Waals surface area contributed by atoms with Crippen LogP contribution in [0.1, 0.15) is 126 Å². The van der Waals surface area contributed by atoms with Crippen molar-refractivity contribution in [2.45, 2.75) is 206 Å². The molecule has 0 aromatic carbocycles. The molecule has 7 N–H and O–H groups in total. The van der Waals surface area contributed by atoms with Gasteiger partial charge in [0, 0.05) is 5.92 Å². The van der Waals surface area contributed by atoms with Gasteiger partial charge in [0.05, 0.1) is 29.6 Å². The van der Waals surface area contributed by atoms with Gasteiger partial charge in [0.2, 0.25) is 12.1 Å². The Kier molecular flexibility index (Phi) is 13.3. The smallest absolute Gasteiger partial charge is 0.310 e. The maximum Gasteiger partial charge on any atom is 0.310 e. The molecule has 0 aromatic rings. The molecule has 8 rings (SSSR count). The third kappa shape index (κ3) is 7.84. The lowest BCUT2D eigenvalue weighted by atomic mass is 9.37. The molecule has 16 nitrogen and oxygen atoms in total. The highest BCUT2D eigenvalue weighted by atomic mass is 16.8. The molecular weight excluding hydrogens is 845 g/mol. The predicted octanol–water partition coefficient (Wildman–Crippen LogP) is 3.63. The lowest BCUT2D eigenvalue weighted by Gasteiger charge is -2.68. The molecule has 0 radical (unpaired) electrons. The fourth-order valence-electron chi connectivity index (χ4n) is 14.9. The van der Waals surface area contributed by atoms with E-state index in [-0.39, 0.29) is 58.9 Å². The Balaban J connectivity index is 1.10. The molecule has 0 amide bonds. The van der Waals surface area contributed by atoms with Crippen molar-refractivity contribution in [3.8, 4) is 0 Å². The molecule has 65 heavy (non-hydrogen) atoms. The zero-order chi connectivity index (χ0) is 47.4. The average molecular weight is 921 g/mol. The van der Waals surface area contributed by atoms with Crippen LogP contribution >= 0.6 is 0 Å². The van der Waals surface area contributed by atoms with Gasteiger partial charge in [-0.15, -0.1) is 0 Å². The lowest BCUT2D eigenvalue weighted by Crippen LogP contribution is -2.68. The van der Waals surface area contributed by atoms with Crippen LogP contribution in [0.4, 0.5) is 0 Å². The number of fused-ring (bicyclic) bond motifs is 7. The summed E-state index contributed by atoms with van der Waals surface area (Å²) in [6, 6.07) is 0. The molecule has 0 spiro atoms. The van der Waals surface area contributed by atoms with Crippen LogP contribution < -0.4 is 0 Å². The van der Waals surface area contributed by atoms with Gasteiger partial charge in [-0.2, -0.15) is 0 Å². The molecule has 3 aliphatic heterocycles. The molecule has 368 valence electrons. The number of aliphatic hydroxyl groups is 6. The second-order valence-electron chi connectivity index (χ2n) is 23.2. The van der Waals surface area contributed by atoms with Gasteiger partial charge in [0.1, 0.15) is 49.0 Å². The number of hydrogen-bond acceptors (Lipinski definition) is 15. The zero-order valence-corrected chi connectivity index (χ0v) is 39.4. The Bertz CT molecular complexity index is 1820.